The number of aromatic nitrogens is 1. The van der Waals surface area contributed by atoms with Gasteiger partial charge >= 0.3 is 0 Å². The van der Waals surface area contributed by atoms with Crippen LogP contribution in [0.2, 0.25) is 0 Å². The first kappa shape index (κ1) is 8.68. The van der Waals surface area contributed by atoms with Gasteiger partial charge in [0.15, 0.2) is 5.13 Å². The molecular formula is C10H14N2OS. The van der Waals surface area contributed by atoms with Crippen molar-refractivity contribution in [2.75, 3.05) is 4.90 Å². The Balaban J connectivity index is 1.82. The van der Waals surface area contributed by atoms with E-state index in [9.17, 15) is 5.11 Å². The average Bonchev–Trinajstić information content (AvgIpc) is 2.87. The van der Waals surface area contributed by atoms with Crippen LogP contribution in [0.25, 0.3) is 0 Å². The first-order valence-corrected chi connectivity index (χ1v) is 6.10. The van der Waals surface area contributed by atoms with Crippen LogP contribution in [0, 0.1) is 0 Å². The normalized spacial score (nSPS) is 31.2. The zero-order valence-corrected chi connectivity index (χ0v) is 8.78. The summed E-state index contributed by atoms with van der Waals surface area (Å²) in [6, 6.07) is 0.995. The lowest BCUT2D eigenvalue weighted by molar-refractivity contribution is 0.0636. The fourth-order valence-electron chi connectivity index (χ4n) is 2.05. The van der Waals surface area contributed by atoms with Crippen molar-refractivity contribution in [2.45, 2.75) is 43.9 Å². The first-order valence-electron chi connectivity index (χ1n) is 5.22. The summed E-state index contributed by atoms with van der Waals surface area (Å²) in [6.07, 6.45) is 6.34. The number of hydrogen-bond donors (Lipinski definition) is 1. The molecule has 0 spiro atoms. The Hall–Kier alpha value is -0.610. The van der Waals surface area contributed by atoms with Crippen LogP contribution in [0.3, 0.4) is 0 Å². The standard InChI is InChI=1S/C10H14N2OS/c13-9-4-3-8(9)12(7-1-2-7)10-11-5-6-14-10/h5-9,13H,1-4H2. The van der Waals surface area contributed by atoms with Crippen molar-refractivity contribution in [3.05, 3.63) is 11.6 Å². The fraction of sp³-hybridized carbons (Fsp3) is 0.700. The summed E-state index contributed by atoms with van der Waals surface area (Å²) >= 11 is 1.68. The van der Waals surface area contributed by atoms with E-state index in [1.807, 2.05) is 11.6 Å². The van der Waals surface area contributed by atoms with Gasteiger partial charge in [0, 0.05) is 17.6 Å². The van der Waals surface area contributed by atoms with E-state index in [-0.39, 0.29) is 6.10 Å². The molecule has 0 saturated heterocycles. The summed E-state index contributed by atoms with van der Waals surface area (Å²) < 4.78 is 0. The van der Waals surface area contributed by atoms with Crippen LogP contribution < -0.4 is 4.90 Å². The molecule has 0 aromatic carbocycles. The van der Waals surface area contributed by atoms with E-state index in [0.29, 0.717) is 12.1 Å². The zero-order valence-electron chi connectivity index (χ0n) is 7.97. The van der Waals surface area contributed by atoms with E-state index in [0.717, 1.165) is 18.0 Å². The number of rotatable bonds is 3. The first-order chi connectivity index (χ1) is 6.86. The molecule has 2 fully saturated rings. The highest BCUT2D eigenvalue weighted by atomic mass is 32.1. The molecular weight excluding hydrogens is 196 g/mol. The highest BCUT2D eigenvalue weighted by Crippen LogP contribution is 2.39. The Labute approximate surface area is 87.4 Å². The van der Waals surface area contributed by atoms with E-state index in [4.69, 9.17) is 0 Å². The molecule has 76 valence electrons. The van der Waals surface area contributed by atoms with Crippen LogP contribution in [-0.2, 0) is 0 Å². The molecule has 0 aliphatic heterocycles. The predicted molar refractivity (Wildman–Crippen MR) is 56.6 cm³/mol. The van der Waals surface area contributed by atoms with Gasteiger partial charge in [0.1, 0.15) is 0 Å². The third-order valence-corrected chi connectivity index (χ3v) is 3.92. The molecule has 0 bridgehead atoms. The van der Waals surface area contributed by atoms with Gasteiger partial charge in [-0.05, 0) is 25.7 Å². The number of hydrogen-bond acceptors (Lipinski definition) is 4. The van der Waals surface area contributed by atoms with Crippen LogP contribution in [0.4, 0.5) is 5.13 Å². The van der Waals surface area contributed by atoms with Crippen LogP contribution in [0.1, 0.15) is 25.7 Å². The van der Waals surface area contributed by atoms with Crippen LogP contribution >= 0.6 is 11.3 Å². The Bertz CT molecular complexity index is 310. The predicted octanol–water partition coefficient (Wildman–Crippen LogP) is 1.64. The van der Waals surface area contributed by atoms with E-state index in [2.05, 4.69) is 9.88 Å². The maximum atomic E-state index is 9.69. The Morgan fingerprint density at radius 2 is 2.21 bits per heavy atom. The molecule has 1 N–H and O–H groups in total. The monoisotopic (exact) mass is 210 g/mol. The van der Waals surface area contributed by atoms with E-state index >= 15 is 0 Å². The highest BCUT2D eigenvalue weighted by molar-refractivity contribution is 7.13. The lowest BCUT2D eigenvalue weighted by atomic mass is 9.88. The number of anilines is 1. The van der Waals surface area contributed by atoms with Crippen molar-refractivity contribution >= 4 is 16.5 Å². The van der Waals surface area contributed by atoms with Crippen molar-refractivity contribution in [2.24, 2.45) is 0 Å². The van der Waals surface area contributed by atoms with Gasteiger partial charge in [0.05, 0.1) is 12.1 Å². The van der Waals surface area contributed by atoms with Crippen molar-refractivity contribution < 1.29 is 5.11 Å². The molecule has 3 rings (SSSR count). The minimum absolute atomic E-state index is 0.125. The van der Waals surface area contributed by atoms with Gasteiger partial charge in [-0.3, -0.25) is 0 Å². The Morgan fingerprint density at radius 1 is 1.36 bits per heavy atom. The number of aliphatic hydroxyl groups is 1. The van der Waals surface area contributed by atoms with E-state index in [1.165, 1.54) is 12.8 Å². The lowest BCUT2D eigenvalue weighted by Crippen LogP contribution is -2.51. The minimum atomic E-state index is -0.125. The Kier molecular flexibility index (Phi) is 1.99. The summed E-state index contributed by atoms with van der Waals surface area (Å²) in [5.74, 6) is 0. The minimum Gasteiger partial charge on any atom is -0.391 e. The second kappa shape index (κ2) is 3.21. The third-order valence-electron chi connectivity index (χ3n) is 3.14. The molecule has 2 atom stereocenters. The maximum Gasteiger partial charge on any atom is 0.185 e. The number of aliphatic hydroxyl groups excluding tert-OH is 1. The van der Waals surface area contributed by atoms with Crippen LogP contribution in [-0.4, -0.2) is 28.3 Å². The van der Waals surface area contributed by atoms with Gasteiger partial charge in [-0.25, -0.2) is 4.98 Å². The van der Waals surface area contributed by atoms with Crippen molar-refractivity contribution in [1.82, 2.24) is 4.98 Å². The molecule has 1 aromatic heterocycles. The SMILES string of the molecule is OC1CCC1N(c1nccs1)C1CC1. The van der Waals surface area contributed by atoms with Crippen molar-refractivity contribution in [3.63, 3.8) is 0 Å². The third kappa shape index (κ3) is 1.33. The second-order valence-electron chi connectivity index (χ2n) is 4.17. The van der Waals surface area contributed by atoms with Crippen LogP contribution in [0.15, 0.2) is 11.6 Å². The molecule has 2 aliphatic carbocycles. The van der Waals surface area contributed by atoms with E-state index in [1.54, 1.807) is 11.3 Å². The number of nitrogens with zero attached hydrogens (tertiary/aromatic N) is 2. The molecule has 4 heteroatoms. The van der Waals surface area contributed by atoms with Gasteiger partial charge in [-0.2, -0.15) is 0 Å². The Morgan fingerprint density at radius 3 is 2.64 bits per heavy atom. The van der Waals surface area contributed by atoms with Gasteiger partial charge in [0.25, 0.3) is 0 Å². The summed E-state index contributed by atoms with van der Waals surface area (Å²) in [5, 5.41) is 12.8. The molecule has 1 heterocycles. The zero-order chi connectivity index (χ0) is 9.54. The molecule has 0 radical (unpaired) electrons. The van der Waals surface area contributed by atoms with Crippen molar-refractivity contribution in [1.29, 1.82) is 0 Å². The summed E-state index contributed by atoms with van der Waals surface area (Å²) in [6.45, 7) is 0. The van der Waals surface area contributed by atoms with Gasteiger partial charge in [-0.15, -0.1) is 11.3 Å². The molecule has 14 heavy (non-hydrogen) atoms. The van der Waals surface area contributed by atoms with Crippen molar-refractivity contribution in [3.8, 4) is 0 Å². The molecule has 2 saturated carbocycles. The second-order valence-corrected chi connectivity index (χ2v) is 5.04. The van der Waals surface area contributed by atoms with Gasteiger partial charge in [-0.1, -0.05) is 0 Å². The summed E-state index contributed by atoms with van der Waals surface area (Å²) in [7, 11) is 0. The largest absolute Gasteiger partial charge is 0.391 e. The van der Waals surface area contributed by atoms with Gasteiger partial charge < -0.3 is 10.0 Å². The molecule has 2 aliphatic rings. The smallest absolute Gasteiger partial charge is 0.185 e. The molecule has 2 unspecified atom stereocenters. The van der Waals surface area contributed by atoms with Crippen LogP contribution in [0.5, 0.6) is 0 Å². The van der Waals surface area contributed by atoms with E-state index < -0.39 is 0 Å². The fourth-order valence-corrected chi connectivity index (χ4v) is 2.83. The summed E-state index contributed by atoms with van der Waals surface area (Å²) in [5.41, 5.74) is 0. The number of thiazole rings is 1. The molecule has 3 nitrogen and oxygen atoms in total. The average molecular weight is 210 g/mol. The summed E-state index contributed by atoms with van der Waals surface area (Å²) in [4.78, 5) is 6.69. The topological polar surface area (TPSA) is 36.4 Å². The molecule has 0 amide bonds. The molecule has 1 aromatic rings. The quantitative estimate of drug-likeness (QED) is 0.824. The van der Waals surface area contributed by atoms with Gasteiger partial charge in [0.2, 0.25) is 0 Å². The maximum absolute atomic E-state index is 9.69. The lowest BCUT2D eigenvalue weighted by Gasteiger charge is -2.41. The highest BCUT2D eigenvalue weighted by Gasteiger charge is 2.42.